The molecule has 0 saturated heterocycles. The van der Waals surface area contributed by atoms with Gasteiger partial charge in [0.15, 0.2) is 0 Å². The maximum atomic E-state index is 14.5. The van der Waals surface area contributed by atoms with Crippen molar-refractivity contribution in [1.82, 2.24) is 14.3 Å². The molecule has 0 bridgehead atoms. The summed E-state index contributed by atoms with van der Waals surface area (Å²) in [7, 11) is -2.12. The molecular weight excluding hydrogens is 377 g/mol. The first-order valence-electron chi connectivity index (χ1n) is 9.31. The van der Waals surface area contributed by atoms with E-state index in [9.17, 15) is 12.8 Å². The second-order valence-electron chi connectivity index (χ2n) is 7.11. The van der Waals surface area contributed by atoms with Gasteiger partial charge >= 0.3 is 0 Å². The number of rotatable bonds is 5. The molecule has 7 heteroatoms. The van der Waals surface area contributed by atoms with Gasteiger partial charge in [0.2, 0.25) is 10.0 Å². The van der Waals surface area contributed by atoms with Crippen molar-refractivity contribution in [3.63, 3.8) is 0 Å². The van der Waals surface area contributed by atoms with E-state index in [4.69, 9.17) is 0 Å². The van der Waals surface area contributed by atoms with Crippen LogP contribution in [-0.2, 0) is 29.9 Å². The number of aromatic nitrogens is 2. The number of nitrogens with one attached hydrogen (secondary N) is 1. The zero-order valence-electron chi connectivity index (χ0n) is 15.6. The molecule has 4 rings (SSSR count). The van der Waals surface area contributed by atoms with Gasteiger partial charge in [-0.2, -0.15) is 4.72 Å². The minimum Gasteiger partial charge on any atom is -0.336 e. The maximum Gasteiger partial charge on any atom is 0.241 e. The number of hydrogen-bond donors (Lipinski definition) is 1. The van der Waals surface area contributed by atoms with Crippen LogP contribution < -0.4 is 4.72 Å². The number of aryl methyl sites for hydroxylation is 3. The summed E-state index contributed by atoms with van der Waals surface area (Å²) in [5.41, 5.74) is 2.52. The van der Waals surface area contributed by atoms with Crippen LogP contribution in [0.5, 0.6) is 0 Å². The van der Waals surface area contributed by atoms with Gasteiger partial charge in [-0.15, -0.1) is 0 Å². The minimum absolute atomic E-state index is 0.198. The zero-order chi connectivity index (χ0) is 19.7. The van der Waals surface area contributed by atoms with Crippen LogP contribution in [-0.4, -0.2) is 18.0 Å². The van der Waals surface area contributed by atoms with Gasteiger partial charge < -0.3 is 4.57 Å². The molecule has 1 N–H and O–H groups in total. The number of fused-ring (bicyclic) bond motifs is 1. The Labute approximate surface area is 164 Å². The van der Waals surface area contributed by atoms with Crippen LogP contribution in [0.2, 0.25) is 0 Å². The zero-order valence-corrected chi connectivity index (χ0v) is 16.4. The van der Waals surface area contributed by atoms with Gasteiger partial charge in [-0.05, 0) is 55.0 Å². The van der Waals surface area contributed by atoms with Gasteiger partial charge in [0.1, 0.15) is 17.7 Å². The largest absolute Gasteiger partial charge is 0.336 e. The number of hydrogen-bond acceptors (Lipinski definition) is 3. The van der Waals surface area contributed by atoms with Crippen LogP contribution >= 0.6 is 0 Å². The highest BCUT2D eigenvalue weighted by Gasteiger charge is 2.28. The molecule has 1 aromatic heterocycles. The Morgan fingerprint density at radius 2 is 1.86 bits per heavy atom. The third-order valence-corrected chi connectivity index (χ3v) is 6.66. The molecule has 0 aliphatic heterocycles. The first-order chi connectivity index (χ1) is 13.5. The average molecular weight is 399 g/mol. The molecule has 5 nitrogen and oxygen atoms in total. The Morgan fingerprint density at radius 3 is 2.57 bits per heavy atom. The van der Waals surface area contributed by atoms with Crippen molar-refractivity contribution < 1.29 is 12.8 Å². The number of halogens is 1. The summed E-state index contributed by atoms with van der Waals surface area (Å²) in [6, 6.07) is 10.5. The SMILES string of the molecule is Cn1ccnc1C(NS(=O)(=O)c1ccc2c(c1)CCCC2)c1ccccc1F. The lowest BCUT2D eigenvalue weighted by Gasteiger charge is -2.21. The molecule has 2 aromatic carbocycles. The van der Waals surface area contributed by atoms with Gasteiger partial charge in [-0.1, -0.05) is 24.3 Å². The lowest BCUT2D eigenvalue weighted by molar-refractivity contribution is 0.544. The topological polar surface area (TPSA) is 64.0 Å². The lowest BCUT2D eigenvalue weighted by Crippen LogP contribution is -2.32. The fourth-order valence-corrected chi connectivity index (χ4v) is 4.94. The van der Waals surface area contributed by atoms with E-state index in [1.165, 1.54) is 11.6 Å². The van der Waals surface area contributed by atoms with E-state index in [0.717, 1.165) is 31.2 Å². The molecule has 0 radical (unpaired) electrons. The highest BCUT2D eigenvalue weighted by atomic mass is 32.2. The molecular formula is C21H22FN3O2S. The molecule has 1 aliphatic rings. The molecule has 3 aromatic rings. The number of nitrogens with zero attached hydrogens (tertiary/aromatic N) is 2. The van der Waals surface area contributed by atoms with Gasteiger partial charge in [-0.3, -0.25) is 0 Å². The normalized spacial score (nSPS) is 15.2. The second-order valence-corrected chi connectivity index (χ2v) is 8.82. The number of sulfonamides is 1. The Morgan fingerprint density at radius 1 is 1.11 bits per heavy atom. The summed E-state index contributed by atoms with van der Waals surface area (Å²) in [6.07, 6.45) is 7.33. The standard InChI is InChI=1S/C21H22FN3O2S/c1-25-13-12-23-21(25)20(18-8-4-5-9-19(18)22)24-28(26,27)17-11-10-15-6-2-3-7-16(15)14-17/h4-5,8-14,20,24H,2-3,6-7H2,1H3. The first kappa shape index (κ1) is 18.8. The van der Waals surface area contributed by atoms with Crippen LogP contribution in [0.3, 0.4) is 0 Å². The van der Waals surface area contributed by atoms with E-state index < -0.39 is 21.9 Å². The van der Waals surface area contributed by atoms with Gasteiger partial charge in [0.05, 0.1) is 4.90 Å². The monoisotopic (exact) mass is 399 g/mol. The predicted molar refractivity (Wildman–Crippen MR) is 105 cm³/mol. The number of benzene rings is 2. The third-order valence-electron chi connectivity index (χ3n) is 5.24. The highest BCUT2D eigenvalue weighted by molar-refractivity contribution is 7.89. The Bertz CT molecular complexity index is 1110. The van der Waals surface area contributed by atoms with Crippen molar-refractivity contribution in [3.8, 4) is 0 Å². The van der Waals surface area contributed by atoms with Crippen molar-refractivity contribution in [1.29, 1.82) is 0 Å². The molecule has 0 fully saturated rings. The second kappa shape index (κ2) is 7.48. The summed E-state index contributed by atoms with van der Waals surface area (Å²) in [4.78, 5) is 4.45. The Kier molecular flexibility index (Phi) is 5.03. The fraction of sp³-hybridized carbons (Fsp3) is 0.286. The van der Waals surface area contributed by atoms with Gasteiger partial charge in [0.25, 0.3) is 0 Å². The summed E-state index contributed by atoms with van der Waals surface area (Å²) < 4.78 is 45.1. The smallest absolute Gasteiger partial charge is 0.241 e. The lowest BCUT2D eigenvalue weighted by atomic mass is 9.92. The molecule has 28 heavy (non-hydrogen) atoms. The van der Waals surface area contributed by atoms with Crippen LogP contribution in [0.1, 0.15) is 41.4 Å². The Hall–Kier alpha value is -2.51. The van der Waals surface area contributed by atoms with E-state index in [0.29, 0.717) is 5.82 Å². The van der Waals surface area contributed by atoms with Crippen LogP contribution in [0.4, 0.5) is 4.39 Å². The van der Waals surface area contributed by atoms with E-state index in [1.54, 1.807) is 54.3 Å². The molecule has 1 unspecified atom stereocenters. The van der Waals surface area contributed by atoms with E-state index in [2.05, 4.69) is 9.71 Å². The predicted octanol–water partition coefficient (Wildman–Crippen LogP) is 3.51. The van der Waals surface area contributed by atoms with Crippen molar-refractivity contribution in [2.45, 2.75) is 36.6 Å². The minimum atomic E-state index is -3.87. The third kappa shape index (κ3) is 3.59. The van der Waals surface area contributed by atoms with Crippen LogP contribution in [0, 0.1) is 5.82 Å². The van der Waals surface area contributed by atoms with E-state index in [1.807, 2.05) is 6.07 Å². The number of imidazole rings is 1. The molecule has 0 amide bonds. The average Bonchev–Trinajstić information content (AvgIpc) is 3.12. The maximum absolute atomic E-state index is 14.5. The van der Waals surface area contributed by atoms with Crippen LogP contribution in [0.25, 0.3) is 0 Å². The van der Waals surface area contributed by atoms with Crippen molar-refractivity contribution >= 4 is 10.0 Å². The van der Waals surface area contributed by atoms with Crippen molar-refractivity contribution in [3.05, 3.63) is 83.2 Å². The van der Waals surface area contributed by atoms with E-state index >= 15 is 0 Å². The molecule has 1 heterocycles. The fourth-order valence-electron chi connectivity index (χ4n) is 3.72. The van der Waals surface area contributed by atoms with Gasteiger partial charge in [-0.25, -0.2) is 17.8 Å². The van der Waals surface area contributed by atoms with Gasteiger partial charge in [0, 0.05) is 25.0 Å². The Balaban J connectivity index is 1.74. The van der Waals surface area contributed by atoms with E-state index in [-0.39, 0.29) is 10.5 Å². The van der Waals surface area contributed by atoms with Crippen LogP contribution in [0.15, 0.2) is 59.8 Å². The molecule has 0 saturated carbocycles. The molecule has 1 atom stereocenters. The first-order valence-corrected chi connectivity index (χ1v) is 10.8. The van der Waals surface area contributed by atoms with Crippen molar-refractivity contribution in [2.24, 2.45) is 7.05 Å². The summed E-state index contributed by atoms with van der Waals surface area (Å²) in [6.45, 7) is 0. The molecule has 146 valence electrons. The summed E-state index contributed by atoms with van der Waals surface area (Å²) in [5, 5.41) is 0. The molecule has 0 spiro atoms. The highest BCUT2D eigenvalue weighted by Crippen LogP contribution is 2.28. The van der Waals surface area contributed by atoms with Crippen molar-refractivity contribution in [2.75, 3.05) is 0 Å². The molecule has 1 aliphatic carbocycles. The summed E-state index contributed by atoms with van der Waals surface area (Å²) in [5.74, 6) is -0.0599. The quantitative estimate of drug-likeness (QED) is 0.714. The summed E-state index contributed by atoms with van der Waals surface area (Å²) >= 11 is 0.